The van der Waals surface area contributed by atoms with Gasteiger partial charge in [0, 0.05) is 18.2 Å². The summed E-state index contributed by atoms with van der Waals surface area (Å²) in [6, 6.07) is 20.6. The van der Waals surface area contributed by atoms with Gasteiger partial charge in [-0.25, -0.2) is 0 Å². The lowest BCUT2D eigenvalue weighted by Gasteiger charge is -2.36. The fourth-order valence-corrected chi connectivity index (χ4v) is 7.65. The van der Waals surface area contributed by atoms with Gasteiger partial charge in [0.05, 0.1) is 27.8 Å². The molecule has 40 heavy (non-hydrogen) atoms. The number of para-hydroxylation sites is 1. The Balaban J connectivity index is 1.37. The first-order chi connectivity index (χ1) is 19.1. The highest BCUT2D eigenvalue weighted by molar-refractivity contribution is 7.90. The van der Waals surface area contributed by atoms with Gasteiger partial charge in [-0.15, -0.1) is 0 Å². The average molecular weight is 603 g/mol. The van der Waals surface area contributed by atoms with Crippen LogP contribution in [0.1, 0.15) is 37.3 Å². The molecule has 2 unspecified atom stereocenters. The van der Waals surface area contributed by atoms with Crippen LogP contribution >= 0.6 is 23.2 Å². The minimum absolute atomic E-state index is 0.292. The summed E-state index contributed by atoms with van der Waals surface area (Å²) in [7, 11) is -3.76. The lowest BCUT2D eigenvalue weighted by atomic mass is 9.75. The average Bonchev–Trinajstić information content (AvgIpc) is 3.21. The molecule has 0 saturated carbocycles. The second-order valence-corrected chi connectivity index (χ2v) is 13.7. The Kier molecular flexibility index (Phi) is 8.30. The maximum Gasteiger partial charge on any atom is 0.321 e. The number of carbonyl (C=O) groups is 1. The van der Waals surface area contributed by atoms with Crippen molar-refractivity contribution in [3.63, 3.8) is 0 Å². The number of amides is 1. The van der Waals surface area contributed by atoms with Gasteiger partial charge in [-0.05, 0) is 67.2 Å². The van der Waals surface area contributed by atoms with E-state index in [2.05, 4.69) is 16.1 Å². The fraction of sp³-hybridized carbons (Fsp3) is 0.367. The van der Waals surface area contributed by atoms with Crippen molar-refractivity contribution in [2.45, 2.75) is 44.2 Å². The molecule has 0 radical (unpaired) electrons. The normalized spacial score (nSPS) is 20.7. The van der Waals surface area contributed by atoms with Gasteiger partial charge in [0.15, 0.2) is 5.69 Å². The van der Waals surface area contributed by atoms with Crippen molar-refractivity contribution in [1.29, 1.82) is 0 Å². The van der Waals surface area contributed by atoms with Gasteiger partial charge in [0.25, 0.3) is 5.91 Å². The number of halogens is 2. The lowest BCUT2D eigenvalue weighted by Crippen LogP contribution is -2.68. The molecular weight excluding hydrogens is 567 g/mol. The number of piperidine rings is 1. The summed E-state index contributed by atoms with van der Waals surface area (Å²) >= 11 is 12.3. The number of nitrogens with one attached hydrogen (secondary N) is 3. The van der Waals surface area contributed by atoms with Crippen LogP contribution in [0.5, 0.6) is 0 Å². The molecule has 1 spiro atoms. The van der Waals surface area contributed by atoms with Crippen LogP contribution in [0, 0.1) is 0 Å². The van der Waals surface area contributed by atoms with Crippen LogP contribution in [0.3, 0.4) is 0 Å². The van der Waals surface area contributed by atoms with Gasteiger partial charge in [0.1, 0.15) is 6.54 Å². The van der Waals surface area contributed by atoms with Crippen LogP contribution in [-0.4, -0.2) is 46.3 Å². The number of carbonyl (C=O) groups excluding carboxylic acids is 1. The molecule has 0 bridgehead atoms. The Labute approximate surface area is 246 Å². The summed E-state index contributed by atoms with van der Waals surface area (Å²) in [5.41, 5.74) is 7.27. The topological polar surface area (TPSA) is 87.3 Å². The minimum atomic E-state index is -3.76. The van der Waals surface area contributed by atoms with Gasteiger partial charge < -0.3 is 10.6 Å². The molecule has 1 saturated heterocycles. The van der Waals surface area contributed by atoms with E-state index in [1.165, 1.54) is 6.26 Å². The molecule has 0 aromatic heterocycles. The maximum atomic E-state index is 13.7. The number of hydrogen-bond donors (Lipinski definition) is 3. The largest absolute Gasteiger partial charge is 0.321 e. The Morgan fingerprint density at radius 3 is 2.42 bits per heavy atom. The summed E-state index contributed by atoms with van der Waals surface area (Å²) in [5, 5.41) is 7.72. The number of rotatable bonds is 8. The van der Waals surface area contributed by atoms with E-state index >= 15 is 0 Å². The van der Waals surface area contributed by atoms with Crippen molar-refractivity contribution in [2.24, 2.45) is 0 Å². The van der Waals surface area contributed by atoms with Crippen molar-refractivity contribution in [3.8, 4) is 11.1 Å². The molecule has 3 aromatic rings. The molecule has 2 atom stereocenters. The monoisotopic (exact) mass is 601 g/mol. The van der Waals surface area contributed by atoms with Crippen LogP contribution in [0.25, 0.3) is 11.1 Å². The zero-order chi connectivity index (χ0) is 28.5. The SMILES string of the molecule is CCC(NCc1cccc(-c2ccc(Cl)c(Cl)c2)c1)C(=O)N[N+]1(S(C)(=O)=O)CC2(CCNCC2)c2ccccc21. The predicted octanol–water partition coefficient (Wildman–Crippen LogP) is 5.16. The van der Waals surface area contributed by atoms with Crippen molar-refractivity contribution in [1.82, 2.24) is 20.1 Å². The highest BCUT2D eigenvalue weighted by atomic mass is 35.5. The van der Waals surface area contributed by atoms with Crippen LogP contribution in [-0.2, 0) is 26.8 Å². The minimum Gasteiger partial charge on any atom is -0.317 e. The summed E-state index contributed by atoms with van der Waals surface area (Å²) in [6.07, 6.45) is 3.35. The predicted molar refractivity (Wildman–Crippen MR) is 163 cm³/mol. The molecule has 7 nitrogen and oxygen atoms in total. The highest BCUT2D eigenvalue weighted by Gasteiger charge is 2.60. The van der Waals surface area contributed by atoms with E-state index < -0.39 is 20.1 Å². The quantitative estimate of drug-likeness (QED) is 0.310. The van der Waals surface area contributed by atoms with Crippen LogP contribution in [0.4, 0.5) is 5.69 Å². The third-order valence-electron chi connectivity index (χ3n) is 8.26. The fourth-order valence-electron chi connectivity index (χ4n) is 6.10. The number of sulfonamides is 1. The maximum absolute atomic E-state index is 13.7. The van der Waals surface area contributed by atoms with Gasteiger partial charge in [-0.1, -0.05) is 76.6 Å². The second kappa shape index (κ2) is 11.4. The highest BCUT2D eigenvalue weighted by Crippen LogP contribution is 2.50. The standard InChI is InChI=1S/C30H34Cl2N4O3S/c1-3-27(34-19-21-7-6-8-22(17-21)23-11-12-25(31)26(32)18-23)29(37)35-36(40(2,38)39)20-30(13-15-33-16-14-30)24-9-4-5-10-28(24)36/h4-12,17-18,27,33-34H,3,13-16,19-20H2,1-2H3/p+1. The molecule has 10 heteroatoms. The van der Waals surface area contributed by atoms with Gasteiger partial charge in [-0.3, -0.25) is 4.79 Å². The van der Waals surface area contributed by atoms with E-state index in [1.54, 1.807) is 6.07 Å². The van der Waals surface area contributed by atoms with E-state index in [1.807, 2.05) is 67.6 Å². The first-order valence-corrected chi connectivity index (χ1v) is 16.2. The number of hydrogen-bond acceptors (Lipinski definition) is 5. The number of fused-ring (bicyclic) bond motifs is 2. The Morgan fingerprint density at radius 2 is 1.73 bits per heavy atom. The van der Waals surface area contributed by atoms with Gasteiger partial charge >= 0.3 is 10.0 Å². The van der Waals surface area contributed by atoms with Crippen LogP contribution in [0.15, 0.2) is 66.7 Å². The summed E-state index contributed by atoms with van der Waals surface area (Å²) in [6.45, 7) is 4.27. The third-order valence-corrected chi connectivity index (χ3v) is 10.6. The third kappa shape index (κ3) is 5.41. The van der Waals surface area contributed by atoms with E-state index in [9.17, 15) is 13.2 Å². The lowest BCUT2D eigenvalue weighted by molar-refractivity contribution is -0.126. The summed E-state index contributed by atoms with van der Waals surface area (Å²) in [4.78, 5) is 13.7. The Hall–Kier alpha value is -2.46. The summed E-state index contributed by atoms with van der Waals surface area (Å²) in [5.74, 6) is -0.339. The Bertz CT molecular complexity index is 1520. The Morgan fingerprint density at radius 1 is 1.00 bits per heavy atom. The zero-order valence-electron chi connectivity index (χ0n) is 22.7. The molecule has 212 valence electrons. The number of quaternary nitrogens is 1. The molecule has 1 fully saturated rings. The molecule has 2 aliphatic heterocycles. The second-order valence-electron chi connectivity index (χ2n) is 10.8. The van der Waals surface area contributed by atoms with Crippen molar-refractivity contribution < 1.29 is 13.2 Å². The van der Waals surface area contributed by atoms with Crippen molar-refractivity contribution in [2.75, 3.05) is 25.9 Å². The smallest absolute Gasteiger partial charge is 0.317 e. The zero-order valence-corrected chi connectivity index (χ0v) is 25.0. The molecule has 3 aromatic carbocycles. The number of nitrogens with zero attached hydrogens (tertiary/aromatic N) is 1. The van der Waals surface area contributed by atoms with Crippen molar-refractivity contribution >= 4 is 44.8 Å². The number of benzene rings is 3. The van der Waals surface area contributed by atoms with Crippen molar-refractivity contribution in [3.05, 3.63) is 87.9 Å². The molecule has 2 heterocycles. The van der Waals surface area contributed by atoms with E-state index in [4.69, 9.17) is 23.2 Å². The van der Waals surface area contributed by atoms with Gasteiger partial charge in [0.2, 0.25) is 0 Å². The summed E-state index contributed by atoms with van der Waals surface area (Å²) < 4.78 is 26.4. The van der Waals surface area contributed by atoms with E-state index in [-0.39, 0.29) is 11.3 Å². The molecule has 0 aliphatic carbocycles. The van der Waals surface area contributed by atoms with Crippen LogP contribution in [0.2, 0.25) is 10.0 Å². The molecular formula is C30H35Cl2N4O3S+. The van der Waals surface area contributed by atoms with E-state index in [0.29, 0.717) is 35.2 Å². The first-order valence-electron chi connectivity index (χ1n) is 13.6. The molecule has 1 amide bonds. The first kappa shape index (κ1) is 29.0. The molecule has 3 N–H and O–H groups in total. The van der Waals surface area contributed by atoms with Crippen LogP contribution < -0.4 is 20.1 Å². The molecule has 5 rings (SSSR count). The van der Waals surface area contributed by atoms with E-state index in [0.717, 1.165) is 48.2 Å². The molecule has 2 aliphatic rings. The van der Waals surface area contributed by atoms with Gasteiger partial charge in [-0.2, -0.15) is 13.8 Å².